The third-order valence-electron chi connectivity index (χ3n) is 23.6. The van der Waals surface area contributed by atoms with E-state index in [-0.39, 0.29) is 23.0 Å². The Morgan fingerprint density at radius 2 is 1.17 bits per heavy atom. The summed E-state index contributed by atoms with van der Waals surface area (Å²) in [6.45, 7) is 30.8. The maximum Gasteiger partial charge on any atom is 0.0546 e. The lowest BCUT2D eigenvalue weighted by atomic mass is 9.29. The smallest absolute Gasteiger partial charge is 0.0546 e. The van der Waals surface area contributed by atoms with Crippen molar-refractivity contribution in [2.75, 3.05) is 0 Å². The number of nitrogens with two attached hydrogens (primary N) is 1. The minimum absolute atomic E-state index is 0.146. The summed E-state index contributed by atoms with van der Waals surface area (Å²) in [5.41, 5.74) is 9.37. The van der Waals surface area contributed by atoms with E-state index >= 15 is 0 Å². The lowest BCUT2D eigenvalue weighted by molar-refractivity contribution is -0.271. The largest absolute Gasteiger partial charge is 0.393 e. The normalized spacial score (nSPS) is 51.5. The van der Waals surface area contributed by atoms with Gasteiger partial charge in [-0.2, -0.15) is 0 Å². The molecule has 8 rings (SSSR count). The number of hydrogen-bond donors (Lipinski definition) is 2. The van der Waals surface area contributed by atoms with E-state index in [0.717, 1.165) is 90.3 Å². The fraction of sp³-hybridized carbons (Fsp3) is 0.965. The Bertz CT molecular complexity index is 1450. The molecule has 2 heteroatoms. The lowest BCUT2D eigenvalue weighted by Crippen LogP contribution is -2.71. The SMILES string of the molecule is C=CCC1C(N)CC[C@]2(C)[C@H]3CC[C@]4(C)[C@@H]([C@@H](C)CCCC(C)C)CC[C@H]4[C@@H]3CCC12C1CC(O)CC2CC[C@@H]3[C@H](CC[C@]4(C)[C@@H]([C@H](C)CCCC(C)C)CC[C@@H]34)[C@]21C. The van der Waals surface area contributed by atoms with Gasteiger partial charge in [-0.3, -0.25) is 0 Å². The maximum atomic E-state index is 12.2. The molecule has 0 saturated heterocycles. The number of allylic oxidation sites excluding steroid dienone is 1. The van der Waals surface area contributed by atoms with E-state index in [1.807, 2.05) is 0 Å². The van der Waals surface area contributed by atoms with Crippen molar-refractivity contribution in [3.05, 3.63) is 12.7 Å². The summed E-state index contributed by atoms with van der Waals surface area (Å²) < 4.78 is 0. The zero-order valence-corrected chi connectivity index (χ0v) is 40.9. The second-order valence-corrected chi connectivity index (χ2v) is 26.5. The van der Waals surface area contributed by atoms with Crippen LogP contribution in [0, 0.1) is 116 Å². The van der Waals surface area contributed by atoms with Gasteiger partial charge in [-0.05, 0) is 225 Å². The molecule has 20 atom stereocenters. The highest BCUT2D eigenvalue weighted by Gasteiger charge is 2.73. The molecule has 0 aromatic heterocycles. The van der Waals surface area contributed by atoms with Crippen LogP contribution < -0.4 is 5.73 Å². The summed E-state index contributed by atoms with van der Waals surface area (Å²) >= 11 is 0. The highest BCUT2D eigenvalue weighted by atomic mass is 16.3. The molecule has 0 bridgehead atoms. The summed E-state index contributed by atoms with van der Waals surface area (Å²) in [5.74, 6) is 12.1. The molecule has 0 amide bonds. The van der Waals surface area contributed by atoms with Gasteiger partial charge in [0.25, 0.3) is 0 Å². The third-order valence-corrected chi connectivity index (χ3v) is 23.6. The average Bonchev–Trinajstić information content (AvgIpc) is 3.73. The molecule has 0 aliphatic heterocycles. The van der Waals surface area contributed by atoms with Gasteiger partial charge >= 0.3 is 0 Å². The molecule has 0 spiro atoms. The molecule has 3 N–H and O–H groups in total. The molecule has 8 fully saturated rings. The van der Waals surface area contributed by atoms with Crippen molar-refractivity contribution in [3.63, 3.8) is 0 Å². The van der Waals surface area contributed by atoms with Crippen LogP contribution in [0.15, 0.2) is 12.7 Å². The number of aliphatic hydroxyl groups excluding tert-OH is 1. The topological polar surface area (TPSA) is 46.2 Å². The van der Waals surface area contributed by atoms with E-state index in [4.69, 9.17) is 5.73 Å². The second-order valence-electron chi connectivity index (χ2n) is 26.5. The first-order chi connectivity index (χ1) is 28.0. The summed E-state index contributed by atoms with van der Waals surface area (Å²) in [5, 5.41) is 12.2. The number of fused-ring (bicyclic) bond motifs is 10. The molecule has 0 radical (unpaired) electrons. The van der Waals surface area contributed by atoms with E-state index in [0.29, 0.717) is 34.0 Å². The maximum absolute atomic E-state index is 12.2. The molecule has 0 aromatic rings. The lowest BCUT2D eigenvalue weighted by Gasteiger charge is -2.75. The molecule has 0 aromatic carbocycles. The van der Waals surface area contributed by atoms with Gasteiger partial charge < -0.3 is 10.8 Å². The summed E-state index contributed by atoms with van der Waals surface area (Å²) in [4.78, 5) is 0. The quantitative estimate of drug-likeness (QED) is 0.182. The predicted octanol–water partition coefficient (Wildman–Crippen LogP) is 15.3. The zero-order valence-electron chi connectivity index (χ0n) is 40.9. The summed E-state index contributed by atoms with van der Waals surface area (Å²) in [6.07, 6.45) is 33.6. The van der Waals surface area contributed by atoms with E-state index in [9.17, 15) is 5.11 Å². The van der Waals surface area contributed by atoms with Gasteiger partial charge in [0.05, 0.1) is 6.10 Å². The highest BCUT2D eigenvalue weighted by Crippen LogP contribution is 2.79. The number of aliphatic hydroxyl groups is 1. The summed E-state index contributed by atoms with van der Waals surface area (Å²) in [6, 6.07) is 0.261. The van der Waals surface area contributed by atoms with E-state index in [1.165, 1.54) is 128 Å². The van der Waals surface area contributed by atoms with E-state index in [1.54, 1.807) is 0 Å². The second kappa shape index (κ2) is 16.9. The molecule has 59 heavy (non-hydrogen) atoms. The van der Waals surface area contributed by atoms with Crippen LogP contribution in [0.25, 0.3) is 0 Å². The fourth-order valence-electron chi connectivity index (χ4n) is 21.1. The van der Waals surface area contributed by atoms with Crippen LogP contribution in [0.1, 0.15) is 217 Å². The van der Waals surface area contributed by atoms with Crippen LogP contribution in [-0.4, -0.2) is 17.3 Å². The van der Waals surface area contributed by atoms with Crippen LogP contribution in [0.2, 0.25) is 0 Å². The molecule has 2 nitrogen and oxygen atoms in total. The van der Waals surface area contributed by atoms with Gasteiger partial charge in [-0.15, -0.1) is 6.58 Å². The van der Waals surface area contributed by atoms with Crippen molar-refractivity contribution >= 4 is 0 Å². The molecular formula is C57H99NO. The van der Waals surface area contributed by atoms with Crippen LogP contribution >= 0.6 is 0 Å². The van der Waals surface area contributed by atoms with Crippen molar-refractivity contribution in [1.82, 2.24) is 0 Å². The van der Waals surface area contributed by atoms with Crippen molar-refractivity contribution in [2.24, 2.45) is 122 Å². The average molecular weight is 814 g/mol. The van der Waals surface area contributed by atoms with Gasteiger partial charge in [-0.25, -0.2) is 0 Å². The first kappa shape index (κ1) is 45.2. The Hall–Kier alpha value is -0.340. The zero-order chi connectivity index (χ0) is 42.3. The van der Waals surface area contributed by atoms with Crippen molar-refractivity contribution in [2.45, 2.75) is 229 Å². The first-order valence-corrected chi connectivity index (χ1v) is 27.0. The molecule has 8 saturated carbocycles. The Balaban J connectivity index is 1.12. The van der Waals surface area contributed by atoms with Gasteiger partial charge in [0.1, 0.15) is 0 Å². The predicted molar refractivity (Wildman–Crippen MR) is 252 cm³/mol. The Kier molecular flexibility index (Phi) is 13.0. The standard InChI is InChI=1S/C57H99NO/c1-12-15-50-51(58)29-32-55(10)48-27-30-53(8)44(38(6)18-13-16-36(2)3)23-25-47(53)43(48)26-33-57(50,55)52-35-41(59)34-40-20-21-42-46-24-22-45(39(7)19-14-17-37(4)5)54(46,9)31-28-49(42)56(40,52)11/h12,36-52,59H,1,13-35,58H2,2-11H3/t38-,39+,40?,41?,42-,43-,44+,45+,46-,47-,48-,49-,50?,51?,52?,53+,54+,55+,56-,57?/m0/s1. The first-order valence-electron chi connectivity index (χ1n) is 27.0. The third kappa shape index (κ3) is 7.10. The molecule has 0 heterocycles. The number of rotatable bonds is 13. The fourth-order valence-corrected chi connectivity index (χ4v) is 21.1. The summed E-state index contributed by atoms with van der Waals surface area (Å²) in [7, 11) is 0. The molecule has 8 aliphatic rings. The molecule has 338 valence electrons. The van der Waals surface area contributed by atoms with Gasteiger partial charge in [-0.1, -0.05) is 114 Å². The van der Waals surface area contributed by atoms with Gasteiger partial charge in [0, 0.05) is 6.04 Å². The Morgan fingerprint density at radius 3 is 1.73 bits per heavy atom. The van der Waals surface area contributed by atoms with Gasteiger partial charge in [0.15, 0.2) is 0 Å². The van der Waals surface area contributed by atoms with Crippen LogP contribution in [-0.2, 0) is 0 Å². The monoisotopic (exact) mass is 814 g/mol. The van der Waals surface area contributed by atoms with E-state index in [2.05, 4.69) is 81.9 Å². The molecule has 8 aliphatic carbocycles. The van der Waals surface area contributed by atoms with Crippen LogP contribution in [0.5, 0.6) is 0 Å². The van der Waals surface area contributed by atoms with Gasteiger partial charge in [0.2, 0.25) is 0 Å². The minimum Gasteiger partial charge on any atom is -0.393 e. The minimum atomic E-state index is -0.146. The van der Waals surface area contributed by atoms with E-state index < -0.39 is 0 Å². The Labute approximate surface area is 367 Å². The van der Waals surface area contributed by atoms with Crippen LogP contribution in [0.3, 0.4) is 0 Å². The van der Waals surface area contributed by atoms with Crippen molar-refractivity contribution in [3.8, 4) is 0 Å². The highest BCUT2D eigenvalue weighted by molar-refractivity contribution is 5.23. The molecule has 6 unspecified atom stereocenters. The number of hydrogen-bond acceptors (Lipinski definition) is 2. The molecular weight excluding hydrogens is 715 g/mol. The van der Waals surface area contributed by atoms with Crippen molar-refractivity contribution in [1.29, 1.82) is 0 Å². The Morgan fingerprint density at radius 1 is 0.610 bits per heavy atom. The van der Waals surface area contributed by atoms with Crippen molar-refractivity contribution < 1.29 is 5.11 Å². The van der Waals surface area contributed by atoms with Crippen LogP contribution in [0.4, 0.5) is 0 Å².